The van der Waals surface area contributed by atoms with Gasteiger partial charge in [-0.25, -0.2) is 9.97 Å². The van der Waals surface area contributed by atoms with Crippen LogP contribution < -0.4 is 9.64 Å². The van der Waals surface area contributed by atoms with Crippen LogP contribution >= 0.6 is 0 Å². The summed E-state index contributed by atoms with van der Waals surface area (Å²) in [6.45, 7) is 1.85. The molecule has 0 aliphatic rings. The van der Waals surface area contributed by atoms with E-state index in [-0.39, 0.29) is 17.4 Å². The monoisotopic (exact) mass is 362 g/mol. The summed E-state index contributed by atoms with van der Waals surface area (Å²) < 4.78 is 44.9. The minimum absolute atomic E-state index is 0.166. The van der Waals surface area contributed by atoms with Crippen molar-refractivity contribution in [2.24, 2.45) is 0 Å². The number of hydrogen-bond acceptors (Lipinski definition) is 5. The fourth-order valence-electron chi connectivity index (χ4n) is 2.62. The zero-order valence-electron chi connectivity index (χ0n) is 14.4. The van der Waals surface area contributed by atoms with Gasteiger partial charge in [-0.15, -0.1) is 0 Å². The first-order chi connectivity index (χ1) is 12.3. The van der Waals surface area contributed by atoms with Crippen molar-refractivity contribution in [3.05, 3.63) is 54.1 Å². The molecule has 0 radical (unpaired) electrons. The van der Waals surface area contributed by atoms with Gasteiger partial charge < -0.3 is 9.64 Å². The quantitative estimate of drug-likeness (QED) is 0.694. The Balaban J connectivity index is 2.18. The van der Waals surface area contributed by atoms with E-state index < -0.39 is 12.0 Å². The molecule has 0 saturated carbocycles. The first-order valence-electron chi connectivity index (χ1n) is 7.88. The highest BCUT2D eigenvalue weighted by atomic mass is 19.4. The minimum Gasteiger partial charge on any atom is -0.497 e. The molecule has 1 aromatic carbocycles. The van der Waals surface area contributed by atoms with E-state index >= 15 is 0 Å². The Morgan fingerprint density at radius 2 is 1.88 bits per heavy atom. The molecular formula is C18H17F3N4O. The molecule has 0 amide bonds. The number of pyridine rings is 1. The number of benzene rings is 1. The standard InChI is InChI=1S/C18H17F3N4O/c1-11(14-6-4-5-9-22-14)25(2)16-13-10-12(26-3)7-8-15(13)23-17(24-16)18(19,20)21/h4-11H,1-3H3. The molecule has 26 heavy (non-hydrogen) atoms. The van der Waals surface area contributed by atoms with Crippen LogP contribution in [0.3, 0.4) is 0 Å². The molecule has 2 heterocycles. The van der Waals surface area contributed by atoms with Crippen molar-refractivity contribution in [2.45, 2.75) is 19.1 Å². The molecule has 1 atom stereocenters. The van der Waals surface area contributed by atoms with Gasteiger partial charge in [-0.2, -0.15) is 13.2 Å². The van der Waals surface area contributed by atoms with Crippen LogP contribution in [0.25, 0.3) is 10.9 Å². The van der Waals surface area contributed by atoms with Gasteiger partial charge in [0.1, 0.15) is 11.6 Å². The number of anilines is 1. The fraction of sp³-hybridized carbons (Fsp3) is 0.278. The van der Waals surface area contributed by atoms with Crippen LogP contribution in [0.15, 0.2) is 42.6 Å². The van der Waals surface area contributed by atoms with E-state index in [2.05, 4.69) is 15.0 Å². The highest BCUT2D eigenvalue weighted by molar-refractivity contribution is 5.90. The molecule has 0 bridgehead atoms. The lowest BCUT2D eigenvalue weighted by atomic mass is 10.1. The Morgan fingerprint density at radius 3 is 2.50 bits per heavy atom. The highest BCUT2D eigenvalue weighted by Gasteiger charge is 2.36. The minimum atomic E-state index is -4.64. The van der Waals surface area contributed by atoms with Gasteiger partial charge in [-0.1, -0.05) is 6.07 Å². The van der Waals surface area contributed by atoms with Crippen molar-refractivity contribution >= 4 is 16.7 Å². The number of halogens is 3. The van der Waals surface area contributed by atoms with Crippen molar-refractivity contribution in [3.63, 3.8) is 0 Å². The zero-order chi connectivity index (χ0) is 18.9. The summed E-state index contributed by atoms with van der Waals surface area (Å²) in [5.41, 5.74) is 0.918. The molecule has 8 heteroatoms. The maximum atomic E-state index is 13.2. The Hall–Kier alpha value is -2.90. The van der Waals surface area contributed by atoms with Crippen molar-refractivity contribution < 1.29 is 17.9 Å². The molecule has 136 valence electrons. The number of rotatable bonds is 4. The third-order valence-electron chi connectivity index (χ3n) is 4.17. The maximum Gasteiger partial charge on any atom is 0.451 e. The Kier molecular flexibility index (Phi) is 4.67. The van der Waals surface area contributed by atoms with Crippen LogP contribution in [-0.4, -0.2) is 29.1 Å². The number of fused-ring (bicyclic) bond motifs is 1. The molecule has 3 aromatic rings. The van der Waals surface area contributed by atoms with Crippen molar-refractivity contribution in [2.75, 3.05) is 19.1 Å². The van der Waals surface area contributed by atoms with Crippen LogP contribution in [-0.2, 0) is 6.18 Å². The Morgan fingerprint density at radius 1 is 1.12 bits per heavy atom. The van der Waals surface area contributed by atoms with Gasteiger partial charge in [0, 0.05) is 18.6 Å². The molecule has 0 aliphatic carbocycles. The highest BCUT2D eigenvalue weighted by Crippen LogP contribution is 2.35. The Bertz CT molecular complexity index is 915. The predicted molar refractivity (Wildman–Crippen MR) is 92.1 cm³/mol. The Labute approximate surface area is 148 Å². The van der Waals surface area contributed by atoms with Gasteiger partial charge >= 0.3 is 6.18 Å². The van der Waals surface area contributed by atoms with E-state index in [9.17, 15) is 13.2 Å². The topological polar surface area (TPSA) is 51.1 Å². The van der Waals surface area contributed by atoms with E-state index in [0.29, 0.717) is 11.1 Å². The van der Waals surface area contributed by atoms with E-state index in [1.165, 1.54) is 13.2 Å². The normalized spacial score (nSPS) is 12.8. The lowest BCUT2D eigenvalue weighted by Gasteiger charge is -2.27. The molecule has 0 spiro atoms. The van der Waals surface area contributed by atoms with Crippen molar-refractivity contribution in [3.8, 4) is 5.75 Å². The van der Waals surface area contributed by atoms with Crippen molar-refractivity contribution in [1.82, 2.24) is 15.0 Å². The van der Waals surface area contributed by atoms with E-state index in [1.54, 1.807) is 36.3 Å². The lowest BCUT2D eigenvalue weighted by molar-refractivity contribution is -0.144. The maximum absolute atomic E-state index is 13.2. The lowest BCUT2D eigenvalue weighted by Crippen LogP contribution is -2.25. The second kappa shape index (κ2) is 6.78. The van der Waals surface area contributed by atoms with Gasteiger partial charge in [0.15, 0.2) is 0 Å². The zero-order valence-corrected chi connectivity index (χ0v) is 14.4. The summed E-state index contributed by atoms with van der Waals surface area (Å²) in [7, 11) is 3.17. The number of methoxy groups -OCH3 is 1. The molecule has 2 aromatic heterocycles. The molecule has 0 N–H and O–H groups in total. The van der Waals surface area contributed by atoms with Crippen molar-refractivity contribution in [1.29, 1.82) is 0 Å². The van der Waals surface area contributed by atoms with Gasteiger partial charge in [0.2, 0.25) is 5.82 Å². The summed E-state index contributed by atoms with van der Waals surface area (Å²) in [4.78, 5) is 13.4. The van der Waals surface area contributed by atoms with Crippen LogP contribution in [0.1, 0.15) is 24.5 Å². The molecule has 0 aliphatic heterocycles. The molecule has 0 saturated heterocycles. The summed E-state index contributed by atoms with van der Waals surface area (Å²) in [6.07, 6.45) is -3.00. The third-order valence-corrected chi connectivity index (χ3v) is 4.17. The predicted octanol–water partition coefficient (Wildman–Crippen LogP) is 4.25. The van der Waals surface area contributed by atoms with Gasteiger partial charge in [0.05, 0.1) is 24.4 Å². The molecule has 0 fully saturated rings. The second-order valence-corrected chi connectivity index (χ2v) is 5.79. The number of ether oxygens (including phenoxy) is 1. The van der Waals surface area contributed by atoms with E-state index in [1.807, 2.05) is 19.1 Å². The second-order valence-electron chi connectivity index (χ2n) is 5.79. The van der Waals surface area contributed by atoms with Crippen LogP contribution in [0, 0.1) is 0 Å². The first-order valence-corrected chi connectivity index (χ1v) is 7.88. The molecule has 5 nitrogen and oxygen atoms in total. The van der Waals surface area contributed by atoms with Crippen LogP contribution in [0.4, 0.5) is 19.0 Å². The number of hydrogen-bond donors (Lipinski definition) is 0. The summed E-state index contributed by atoms with van der Waals surface area (Å²) in [5.74, 6) is -0.495. The summed E-state index contributed by atoms with van der Waals surface area (Å²) >= 11 is 0. The van der Waals surface area contributed by atoms with Gasteiger partial charge in [0.25, 0.3) is 0 Å². The fourth-order valence-corrected chi connectivity index (χ4v) is 2.62. The van der Waals surface area contributed by atoms with E-state index in [0.717, 1.165) is 5.69 Å². The molecular weight excluding hydrogens is 345 g/mol. The SMILES string of the molecule is COc1ccc2nc(C(F)(F)F)nc(N(C)C(C)c3ccccn3)c2c1. The molecule has 1 unspecified atom stereocenters. The first kappa shape index (κ1) is 17.9. The van der Waals surface area contributed by atoms with Crippen LogP contribution in [0.5, 0.6) is 5.75 Å². The summed E-state index contributed by atoms with van der Waals surface area (Å²) in [6, 6.07) is 9.83. The van der Waals surface area contributed by atoms with Gasteiger partial charge in [-0.3, -0.25) is 4.98 Å². The average molecular weight is 362 g/mol. The number of alkyl halides is 3. The number of nitrogens with zero attached hydrogens (tertiary/aromatic N) is 4. The van der Waals surface area contributed by atoms with Crippen LogP contribution in [0.2, 0.25) is 0 Å². The smallest absolute Gasteiger partial charge is 0.451 e. The van der Waals surface area contributed by atoms with E-state index in [4.69, 9.17) is 4.74 Å². The third kappa shape index (κ3) is 3.40. The average Bonchev–Trinajstić information content (AvgIpc) is 2.65. The summed E-state index contributed by atoms with van der Waals surface area (Å²) in [5, 5.41) is 0.475. The van der Waals surface area contributed by atoms with Gasteiger partial charge in [-0.05, 0) is 37.3 Å². The number of aromatic nitrogens is 3. The largest absolute Gasteiger partial charge is 0.497 e. The molecule has 3 rings (SSSR count).